The lowest BCUT2D eigenvalue weighted by molar-refractivity contribution is 0.0312. The lowest BCUT2D eigenvalue weighted by Crippen LogP contribution is -2.24. The summed E-state index contributed by atoms with van der Waals surface area (Å²) in [5.41, 5.74) is 0.551. The van der Waals surface area contributed by atoms with Gasteiger partial charge in [0.1, 0.15) is 0 Å². The van der Waals surface area contributed by atoms with E-state index in [9.17, 15) is 9.59 Å². The monoisotopic (exact) mass is 334 g/mol. The van der Waals surface area contributed by atoms with E-state index in [1.54, 1.807) is 24.3 Å². The molecular formula is C14H11BrN2O3. The Morgan fingerprint density at radius 1 is 1.20 bits per heavy atom. The highest BCUT2D eigenvalue weighted by Gasteiger charge is 2.20. The van der Waals surface area contributed by atoms with Crippen molar-refractivity contribution in [2.45, 2.75) is 13.0 Å². The zero-order chi connectivity index (χ0) is 14.5. The Labute approximate surface area is 124 Å². The average Bonchev–Trinajstić information content (AvgIpc) is 2.48. The average molecular weight is 335 g/mol. The van der Waals surface area contributed by atoms with Crippen LogP contribution in [0.15, 0.2) is 47.3 Å². The molecule has 6 heteroatoms. The Kier molecular flexibility index (Phi) is 4.57. The van der Waals surface area contributed by atoms with E-state index in [2.05, 4.69) is 25.9 Å². The van der Waals surface area contributed by atoms with Crippen molar-refractivity contribution >= 4 is 27.7 Å². The molecule has 0 N–H and O–H groups in total. The van der Waals surface area contributed by atoms with Crippen LogP contribution in [-0.4, -0.2) is 27.8 Å². The molecule has 1 aromatic carbocycles. The first kappa shape index (κ1) is 14.3. The molecule has 2 aromatic rings. The molecule has 2 rings (SSSR count). The maximum Gasteiger partial charge on any atom is 0.359 e. The van der Waals surface area contributed by atoms with Crippen LogP contribution in [-0.2, 0) is 4.74 Å². The van der Waals surface area contributed by atoms with Gasteiger partial charge in [0.15, 0.2) is 11.8 Å². The maximum atomic E-state index is 12.1. The fourth-order valence-corrected chi connectivity index (χ4v) is 1.79. The summed E-state index contributed by atoms with van der Waals surface area (Å²) in [6.45, 7) is 1.53. The van der Waals surface area contributed by atoms with Gasteiger partial charge < -0.3 is 4.74 Å². The number of esters is 1. The number of rotatable bonds is 4. The number of aromatic nitrogens is 2. The highest BCUT2D eigenvalue weighted by molar-refractivity contribution is 9.10. The van der Waals surface area contributed by atoms with Crippen LogP contribution >= 0.6 is 15.9 Å². The zero-order valence-electron chi connectivity index (χ0n) is 10.6. The van der Waals surface area contributed by atoms with Gasteiger partial charge in [-0.25, -0.2) is 9.78 Å². The Hall–Kier alpha value is -2.08. The van der Waals surface area contributed by atoms with E-state index in [4.69, 9.17) is 4.74 Å². The summed E-state index contributed by atoms with van der Waals surface area (Å²) in [4.78, 5) is 31.4. The third-order valence-corrected chi connectivity index (χ3v) is 3.08. The Balaban J connectivity index is 2.05. The van der Waals surface area contributed by atoms with Gasteiger partial charge in [-0.15, -0.1) is 0 Å². The fraction of sp³-hybridized carbons (Fsp3) is 0.143. The molecule has 0 aliphatic rings. The van der Waals surface area contributed by atoms with Crippen LogP contribution in [0.25, 0.3) is 0 Å². The molecule has 0 fully saturated rings. The van der Waals surface area contributed by atoms with E-state index in [0.29, 0.717) is 5.56 Å². The van der Waals surface area contributed by atoms with Gasteiger partial charge >= 0.3 is 5.97 Å². The number of hydrogen-bond donors (Lipinski definition) is 0. The van der Waals surface area contributed by atoms with Crippen LogP contribution in [0.4, 0.5) is 0 Å². The van der Waals surface area contributed by atoms with Crippen molar-refractivity contribution in [3.8, 4) is 0 Å². The predicted molar refractivity (Wildman–Crippen MR) is 75.4 cm³/mol. The molecule has 102 valence electrons. The molecule has 0 saturated carbocycles. The second-order valence-corrected chi connectivity index (χ2v) is 4.93. The molecule has 0 saturated heterocycles. The SMILES string of the molecule is C[C@@H](OC(=O)c1cnccn1)C(=O)c1ccc(Br)cc1. The smallest absolute Gasteiger partial charge is 0.359 e. The van der Waals surface area contributed by atoms with E-state index >= 15 is 0 Å². The van der Waals surface area contributed by atoms with Gasteiger partial charge in [-0.1, -0.05) is 28.1 Å². The fourth-order valence-electron chi connectivity index (χ4n) is 1.53. The van der Waals surface area contributed by atoms with Crippen LogP contribution in [0.2, 0.25) is 0 Å². The highest BCUT2D eigenvalue weighted by atomic mass is 79.9. The first-order valence-corrected chi connectivity index (χ1v) is 6.64. The largest absolute Gasteiger partial charge is 0.449 e. The molecule has 1 heterocycles. The molecule has 0 amide bonds. The topological polar surface area (TPSA) is 69.2 Å². The second kappa shape index (κ2) is 6.38. The Morgan fingerprint density at radius 3 is 2.50 bits per heavy atom. The lowest BCUT2D eigenvalue weighted by atomic mass is 10.1. The van der Waals surface area contributed by atoms with Crippen molar-refractivity contribution < 1.29 is 14.3 Å². The summed E-state index contributed by atoms with van der Waals surface area (Å²) in [6, 6.07) is 6.84. The summed E-state index contributed by atoms with van der Waals surface area (Å²) in [5.74, 6) is -0.939. The van der Waals surface area contributed by atoms with Gasteiger partial charge in [-0.2, -0.15) is 0 Å². The van der Waals surface area contributed by atoms with Gasteiger partial charge in [0, 0.05) is 22.4 Å². The van der Waals surface area contributed by atoms with Crippen molar-refractivity contribution in [3.05, 3.63) is 58.6 Å². The predicted octanol–water partition coefficient (Wildman–Crippen LogP) is 2.67. The first-order valence-electron chi connectivity index (χ1n) is 5.84. The molecule has 1 atom stereocenters. The van der Waals surface area contributed by atoms with Crippen molar-refractivity contribution in [1.29, 1.82) is 0 Å². The van der Waals surface area contributed by atoms with Gasteiger partial charge in [-0.3, -0.25) is 9.78 Å². The number of ether oxygens (including phenoxy) is 1. The number of ketones is 1. The third kappa shape index (κ3) is 3.48. The van der Waals surface area contributed by atoms with E-state index in [0.717, 1.165) is 4.47 Å². The third-order valence-electron chi connectivity index (χ3n) is 2.55. The van der Waals surface area contributed by atoms with Crippen LogP contribution in [0.5, 0.6) is 0 Å². The Bertz CT molecular complexity index is 614. The molecule has 1 aromatic heterocycles. The Morgan fingerprint density at radius 2 is 1.90 bits per heavy atom. The number of halogens is 1. The molecule has 5 nitrogen and oxygen atoms in total. The first-order chi connectivity index (χ1) is 9.58. The number of hydrogen-bond acceptors (Lipinski definition) is 5. The van der Waals surface area contributed by atoms with Gasteiger partial charge in [-0.05, 0) is 19.1 Å². The molecule has 20 heavy (non-hydrogen) atoms. The minimum absolute atomic E-state index is 0.0722. The van der Waals surface area contributed by atoms with Crippen molar-refractivity contribution in [2.24, 2.45) is 0 Å². The minimum atomic E-state index is -0.884. The standard InChI is InChI=1S/C14H11BrN2O3/c1-9(13(18)10-2-4-11(15)5-3-10)20-14(19)12-8-16-6-7-17-12/h2-9H,1H3/t9-/m1/s1. The molecule has 0 aliphatic carbocycles. The van der Waals surface area contributed by atoms with Gasteiger partial charge in [0.2, 0.25) is 5.78 Å². The molecule has 0 radical (unpaired) electrons. The second-order valence-electron chi connectivity index (χ2n) is 4.01. The normalized spacial score (nSPS) is 11.7. The van der Waals surface area contributed by atoms with Crippen molar-refractivity contribution in [2.75, 3.05) is 0 Å². The molecular weight excluding hydrogens is 324 g/mol. The van der Waals surface area contributed by atoms with Crippen LogP contribution in [0.1, 0.15) is 27.8 Å². The van der Waals surface area contributed by atoms with E-state index < -0.39 is 12.1 Å². The summed E-state index contributed by atoms with van der Waals surface area (Å²) in [6.07, 6.45) is 3.25. The van der Waals surface area contributed by atoms with Crippen LogP contribution in [0, 0.1) is 0 Å². The summed E-state index contributed by atoms with van der Waals surface area (Å²) in [5, 5.41) is 0. The van der Waals surface area contributed by atoms with Crippen molar-refractivity contribution in [3.63, 3.8) is 0 Å². The van der Waals surface area contributed by atoms with Gasteiger partial charge in [0.25, 0.3) is 0 Å². The number of benzene rings is 1. The highest BCUT2D eigenvalue weighted by Crippen LogP contribution is 2.13. The molecule has 0 bridgehead atoms. The molecule has 0 unspecified atom stereocenters. The van der Waals surface area contributed by atoms with E-state index in [-0.39, 0.29) is 11.5 Å². The lowest BCUT2D eigenvalue weighted by Gasteiger charge is -2.11. The van der Waals surface area contributed by atoms with Crippen LogP contribution in [0.3, 0.4) is 0 Å². The van der Waals surface area contributed by atoms with Crippen molar-refractivity contribution in [1.82, 2.24) is 9.97 Å². The number of nitrogens with zero attached hydrogens (tertiary/aromatic N) is 2. The molecule has 0 aliphatic heterocycles. The quantitative estimate of drug-likeness (QED) is 0.635. The zero-order valence-corrected chi connectivity index (χ0v) is 12.2. The van der Waals surface area contributed by atoms with Crippen LogP contribution < -0.4 is 0 Å². The summed E-state index contributed by atoms with van der Waals surface area (Å²) < 4.78 is 5.95. The number of Topliss-reactive ketones (excluding diaryl/α,β-unsaturated/α-hetero) is 1. The van der Waals surface area contributed by atoms with Gasteiger partial charge in [0.05, 0.1) is 6.20 Å². The minimum Gasteiger partial charge on any atom is -0.449 e. The van der Waals surface area contributed by atoms with E-state index in [1.165, 1.54) is 25.5 Å². The van der Waals surface area contributed by atoms with E-state index in [1.807, 2.05) is 0 Å². The number of carbonyl (C=O) groups is 2. The number of carbonyl (C=O) groups excluding carboxylic acids is 2. The maximum absolute atomic E-state index is 12.1. The summed E-state index contributed by atoms with van der Waals surface area (Å²) in [7, 11) is 0. The molecule has 0 spiro atoms. The summed E-state index contributed by atoms with van der Waals surface area (Å²) >= 11 is 3.29.